The summed E-state index contributed by atoms with van der Waals surface area (Å²) in [6.07, 6.45) is 0.806. The average Bonchev–Trinajstić information content (AvgIpc) is 3.13. The zero-order chi connectivity index (χ0) is 24.1. The van der Waals surface area contributed by atoms with Gasteiger partial charge in [0.25, 0.3) is 5.91 Å². The fourth-order valence-corrected chi connectivity index (χ4v) is 4.54. The van der Waals surface area contributed by atoms with E-state index in [0.29, 0.717) is 40.9 Å². The van der Waals surface area contributed by atoms with Crippen LogP contribution in [0.3, 0.4) is 0 Å². The Morgan fingerprint density at radius 2 is 1.79 bits per heavy atom. The number of hydrogen-bond acceptors (Lipinski definition) is 6. The molecule has 1 heterocycles. The van der Waals surface area contributed by atoms with Gasteiger partial charge in [0.2, 0.25) is 4.90 Å². The summed E-state index contributed by atoms with van der Waals surface area (Å²) < 4.78 is 83.1. The molecule has 4 rings (SSSR count). The predicted molar refractivity (Wildman–Crippen MR) is 114 cm³/mol. The van der Waals surface area contributed by atoms with Crippen LogP contribution in [0.4, 0.5) is 18.9 Å². The van der Waals surface area contributed by atoms with Gasteiger partial charge in [-0.15, -0.1) is 0 Å². The highest BCUT2D eigenvalue weighted by Crippen LogP contribution is 2.39. The minimum Gasteiger partial charge on any atom is -0.364 e. The number of amides is 1. The normalized spacial score (nSPS) is 13.5. The Morgan fingerprint density at radius 1 is 1.12 bits per heavy atom. The Morgan fingerprint density at radius 3 is 2.36 bits per heavy atom. The number of primary amides is 1. The molecule has 2 aromatic carbocycles. The minimum absolute atomic E-state index is 0.0231. The van der Waals surface area contributed by atoms with Crippen LogP contribution in [0.15, 0.2) is 47.4 Å². The Hall–Kier alpha value is -3.07. The van der Waals surface area contributed by atoms with Crippen molar-refractivity contribution in [3.8, 4) is 16.9 Å². The molecule has 0 saturated carbocycles. The van der Waals surface area contributed by atoms with Gasteiger partial charge in [-0.05, 0) is 42.7 Å². The molecule has 174 valence electrons. The van der Waals surface area contributed by atoms with E-state index in [1.165, 1.54) is 51.9 Å². The number of rotatable bonds is 5. The molecule has 0 saturated heterocycles. The van der Waals surface area contributed by atoms with Crippen LogP contribution < -0.4 is 10.5 Å². The summed E-state index contributed by atoms with van der Waals surface area (Å²) in [5.74, 6) is -0.800. The fraction of sp³-hybridized carbons (Fsp3) is 0.158. The van der Waals surface area contributed by atoms with Crippen molar-refractivity contribution in [2.24, 2.45) is 5.73 Å². The number of hydrogen-bond donors (Lipinski definition) is 4. The van der Waals surface area contributed by atoms with Crippen LogP contribution in [0, 0.1) is 0 Å². The highest BCUT2D eigenvalue weighted by Gasteiger charge is 2.46. The standard InChI is InChI=1S/C19H15F3N4O5S2/c20-19(21,22)33(30,31)25-11-3-1-10-2-8-14-16(18(23)27)24-26(17(14)15(10)9-11)12-4-6-13(7-5-12)32(28)29/h1,3-7,9,25,28-29H,2,8H2,(H-,23,27)/p+1. The molecule has 3 aromatic rings. The molecular formula is C19H16F3N4O5S2+. The van der Waals surface area contributed by atoms with E-state index >= 15 is 0 Å². The molecule has 0 unspecified atom stereocenters. The lowest BCUT2D eigenvalue weighted by Gasteiger charge is -2.20. The summed E-state index contributed by atoms with van der Waals surface area (Å²) in [6.45, 7) is 0. The highest BCUT2D eigenvalue weighted by atomic mass is 32.2. The van der Waals surface area contributed by atoms with E-state index < -0.39 is 32.9 Å². The second kappa shape index (κ2) is 8.06. The number of aromatic nitrogens is 2. The maximum Gasteiger partial charge on any atom is 0.516 e. The lowest BCUT2D eigenvalue weighted by Crippen LogP contribution is -2.30. The number of alkyl halides is 3. The van der Waals surface area contributed by atoms with E-state index in [1.54, 1.807) is 0 Å². The van der Waals surface area contributed by atoms with E-state index in [4.69, 9.17) is 5.73 Å². The quantitative estimate of drug-likeness (QED) is 0.395. The number of nitrogens with two attached hydrogens (primary N) is 1. The number of anilines is 1. The van der Waals surface area contributed by atoms with Crippen LogP contribution in [0.25, 0.3) is 16.9 Å². The van der Waals surface area contributed by atoms with Crippen molar-refractivity contribution in [3.05, 3.63) is 59.3 Å². The number of aryl methyl sites for hydroxylation is 1. The van der Waals surface area contributed by atoms with Crippen molar-refractivity contribution >= 4 is 33.1 Å². The number of fused-ring (bicyclic) bond motifs is 3. The zero-order valence-corrected chi connectivity index (χ0v) is 18.1. The lowest BCUT2D eigenvalue weighted by atomic mass is 9.88. The van der Waals surface area contributed by atoms with Gasteiger partial charge in [-0.1, -0.05) is 6.07 Å². The highest BCUT2D eigenvalue weighted by molar-refractivity contribution is 7.93. The maximum absolute atomic E-state index is 12.8. The van der Waals surface area contributed by atoms with E-state index in [9.17, 15) is 35.5 Å². The SMILES string of the molecule is NC(=O)c1nn(-c2ccc([S+](O)O)cc2)c2c1CCc1ccc(NS(=O)(=O)C(F)(F)F)cc1-2. The smallest absolute Gasteiger partial charge is 0.364 e. The van der Waals surface area contributed by atoms with Crippen molar-refractivity contribution in [3.63, 3.8) is 0 Å². The Balaban J connectivity index is 1.88. The Labute approximate surface area is 188 Å². The van der Waals surface area contributed by atoms with Crippen LogP contribution in [0.1, 0.15) is 21.6 Å². The summed E-state index contributed by atoms with van der Waals surface area (Å²) in [5, 5.41) is 4.28. The molecule has 33 heavy (non-hydrogen) atoms. The van der Waals surface area contributed by atoms with Crippen molar-refractivity contribution in [2.75, 3.05) is 4.72 Å². The Bertz CT molecular complexity index is 1350. The van der Waals surface area contributed by atoms with Gasteiger partial charge in [0.05, 0.1) is 11.4 Å². The number of halogens is 3. The average molecular weight is 501 g/mol. The summed E-state index contributed by atoms with van der Waals surface area (Å²) in [5.41, 5.74) is 2.00. The number of sulfonamides is 1. The van der Waals surface area contributed by atoms with Gasteiger partial charge in [0.15, 0.2) is 5.69 Å². The lowest BCUT2D eigenvalue weighted by molar-refractivity contribution is -0.0429. The van der Waals surface area contributed by atoms with Gasteiger partial charge >= 0.3 is 27.0 Å². The summed E-state index contributed by atoms with van der Waals surface area (Å²) in [4.78, 5) is 12.2. The largest absolute Gasteiger partial charge is 0.516 e. The minimum atomic E-state index is -5.63. The number of carbonyl (C=O) groups is 1. The molecule has 1 amide bonds. The molecule has 1 aromatic heterocycles. The third-order valence-electron chi connectivity index (χ3n) is 5.08. The molecule has 5 N–H and O–H groups in total. The van der Waals surface area contributed by atoms with Crippen LogP contribution in [-0.4, -0.2) is 38.7 Å². The molecule has 1 aliphatic carbocycles. The van der Waals surface area contributed by atoms with Crippen LogP contribution in [0.5, 0.6) is 0 Å². The van der Waals surface area contributed by atoms with Gasteiger partial charge in [-0.2, -0.15) is 35.8 Å². The molecule has 0 radical (unpaired) electrons. The van der Waals surface area contributed by atoms with E-state index in [-0.39, 0.29) is 16.3 Å². The first kappa shape index (κ1) is 23.1. The first-order valence-corrected chi connectivity index (χ1v) is 11.9. The number of nitrogens with zero attached hydrogens (tertiary/aromatic N) is 2. The topological polar surface area (TPSA) is 148 Å². The number of nitrogens with one attached hydrogen (secondary N) is 1. The number of benzene rings is 2. The fourth-order valence-electron chi connectivity index (χ4n) is 3.61. The number of carbonyl (C=O) groups excluding carboxylic acids is 1. The van der Waals surface area contributed by atoms with E-state index in [1.807, 2.05) is 0 Å². The van der Waals surface area contributed by atoms with E-state index in [2.05, 4.69) is 5.10 Å². The van der Waals surface area contributed by atoms with Gasteiger partial charge in [-0.25, -0.2) is 4.68 Å². The third kappa shape index (κ3) is 4.17. The molecule has 0 aliphatic heterocycles. The summed E-state index contributed by atoms with van der Waals surface area (Å²) in [6, 6.07) is 9.88. The monoisotopic (exact) mass is 501 g/mol. The molecular weight excluding hydrogens is 485 g/mol. The van der Waals surface area contributed by atoms with Gasteiger partial charge < -0.3 is 5.73 Å². The van der Waals surface area contributed by atoms with Crippen LogP contribution in [-0.2, 0) is 34.3 Å². The molecule has 1 aliphatic rings. The third-order valence-corrected chi connectivity index (χ3v) is 6.88. The first-order valence-electron chi connectivity index (χ1n) is 9.26. The van der Waals surface area contributed by atoms with Crippen molar-refractivity contribution < 1.29 is 35.5 Å². The van der Waals surface area contributed by atoms with E-state index in [0.717, 1.165) is 0 Å². The Kier molecular flexibility index (Phi) is 5.64. The van der Waals surface area contributed by atoms with Gasteiger partial charge in [0, 0.05) is 28.9 Å². The van der Waals surface area contributed by atoms with Crippen LogP contribution in [0.2, 0.25) is 0 Å². The molecule has 0 bridgehead atoms. The zero-order valence-electron chi connectivity index (χ0n) is 16.5. The second-order valence-corrected chi connectivity index (χ2v) is 9.81. The van der Waals surface area contributed by atoms with Crippen molar-refractivity contribution in [2.45, 2.75) is 23.2 Å². The second-order valence-electron chi connectivity index (χ2n) is 7.13. The molecule has 0 atom stereocenters. The molecule has 14 heteroatoms. The van der Waals surface area contributed by atoms with Gasteiger partial charge in [0.1, 0.15) is 0 Å². The molecule has 0 spiro atoms. The molecule has 9 nitrogen and oxygen atoms in total. The van der Waals surface area contributed by atoms with Crippen molar-refractivity contribution in [1.29, 1.82) is 0 Å². The van der Waals surface area contributed by atoms with Crippen molar-refractivity contribution in [1.82, 2.24) is 9.78 Å². The predicted octanol–water partition coefficient (Wildman–Crippen LogP) is 2.92. The first-order chi connectivity index (χ1) is 15.4. The maximum atomic E-state index is 12.8. The van der Waals surface area contributed by atoms with Gasteiger partial charge in [-0.3, -0.25) is 9.52 Å². The summed E-state index contributed by atoms with van der Waals surface area (Å²) in [7, 11) is -5.63. The van der Waals surface area contributed by atoms with Crippen LogP contribution >= 0.6 is 0 Å². The summed E-state index contributed by atoms with van der Waals surface area (Å²) >= 11 is -1.97. The molecule has 0 fully saturated rings.